The number of carboxylic acids is 1. The average molecular weight is 227 g/mol. The van der Waals surface area contributed by atoms with E-state index in [-0.39, 0.29) is 6.54 Å². The van der Waals surface area contributed by atoms with Crippen molar-refractivity contribution < 1.29 is 14.3 Å². The van der Waals surface area contributed by atoms with E-state index in [1.165, 1.54) is 0 Å². The summed E-state index contributed by atoms with van der Waals surface area (Å²) in [5.74, 6) is 0.0102. The van der Waals surface area contributed by atoms with Crippen LogP contribution in [-0.4, -0.2) is 26.8 Å². The van der Waals surface area contributed by atoms with Crippen LogP contribution in [0.2, 0.25) is 0 Å². The third-order valence-electron chi connectivity index (χ3n) is 2.42. The number of aliphatic carboxylic acids is 1. The molecule has 0 saturated carbocycles. The first-order valence-electron chi connectivity index (χ1n) is 5.25. The van der Waals surface area contributed by atoms with Crippen LogP contribution in [0.1, 0.15) is 38.5 Å². The lowest BCUT2D eigenvalue weighted by Crippen LogP contribution is -2.49. The van der Waals surface area contributed by atoms with Gasteiger partial charge in [-0.3, -0.25) is 10.1 Å². The first-order valence-corrected chi connectivity index (χ1v) is 5.25. The Hall–Kier alpha value is -1.43. The van der Waals surface area contributed by atoms with E-state index >= 15 is 0 Å². The minimum atomic E-state index is -0.947. The largest absolute Gasteiger partial charge is 0.480 e. The molecular formula is C10H17N3O3. The quantitative estimate of drug-likeness (QED) is 0.756. The normalized spacial score (nSPS) is 14.7. The van der Waals surface area contributed by atoms with Crippen molar-refractivity contribution in [1.82, 2.24) is 15.5 Å². The molecule has 0 spiro atoms. The summed E-state index contributed by atoms with van der Waals surface area (Å²) in [6.07, 6.45) is 1.34. The number of hydrogen-bond donors (Lipinski definition) is 2. The molecule has 1 atom stereocenters. The molecule has 1 unspecified atom stereocenters. The molecular weight excluding hydrogens is 210 g/mol. The molecule has 0 amide bonds. The third kappa shape index (κ3) is 3.03. The number of rotatable bonds is 6. The SMILES string of the molecule is CCCC(C)(NCc1nnc(C)o1)C(=O)O. The maximum absolute atomic E-state index is 11.1. The minimum absolute atomic E-state index is 0.268. The van der Waals surface area contributed by atoms with Gasteiger partial charge in [-0.05, 0) is 13.3 Å². The molecule has 2 N–H and O–H groups in total. The van der Waals surface area contributed by atoms with Crippen molar-refractivity contribution in [3.05, 3.63) is 11.8 Å². The first-order chi connectivity index (χ1) is 7.48. The van der Waals surface area contributed by atoms with Crippen LogP contribution in [-0.2, 0) is 11.3 Å². The zero-order valence-electron chi connectivity index (χ0n) is 9.78. The molecule has 0 aliphatic rings. The van der Waals surface area contributed by atoms with Crippen LogP contribution in [0, 0.1) is 6.92 Å². The van der Waals surface area contributed by atoms with E-state index < -0.39 is 11.5 Å². The summed E-state index contributed by atoms with van der Waals surface area (Å²) in [5, 5.41) is 19.5. The molecule has 6 heteroatoms. The fraction of sp³-hybridized carbons (Fsp3) is 0.700. The smallest absolute Gasteiger partial charge is 0.323 e. The summed E-state index contributed by atoms with van der Waals surface area (Å²) in [7, 11) is 0. The van der Waals surface area contributed by atoms with Crippen LogP contribution in [0.15, 0.2) is 4.42 Å². The van der Waals surface area contributed by atoms with Crippen molar-refractivity contribution in [2.75, 3.05) is 0 Å². The van der Waals surface area contributed by atoms with Crippen molar-refractivity contribution in [1.29, 1.82) is 0 Å². The van der Waals surface area contributed by atoms with E-state index in [0.717, 1.165) is 6.42 Å². The summed E-state index contributed by atoms with van der Waals surface area (Å²) in [5.41, 5.74) is -0.947. The van der Waals surface area contributed by atoms with Gasteiger partial charge in [0.1, 0.15) is 5.54 Å². The Bertz CT molecular complexity index is 364. The number of hydrogen-bond acceptors (Lipinski definition) is 5. The molecule has 0 radical (unpaired) electrons. The lowest BCUT2D eigenvalue weighted by molar-refractivity contribution is -0.144. The summed E-state index contributed by atoms with van der Waals surface area (Å²) in [6.45, 7) is 5.56. The van der Waals surface area contributed by atoms with Crippen molar-refractivity contribution in [2.45, 2.75) is 45.7 Å². The predicted octanol–water partition coefficient (Wildman–Crippen LogP) is 1.11. The van der Waals surface area contributed by atoms with Gasteiger partial charge in [0.25, 0.3) is 0 Å². The molecule has 1 rings (SSSR count). The van der Waals surface area contributed by atoms with Crippen molar-refractivity contribution in [3.63, 3.8) is 0 Å². The monoisotopic (exact) mass is 227 g/mol. The molecule has 0 aromatic carbocycles. The Morgan fingerprint density at radius 1 is 1.56 bits per heavy atom. The molecule has 0 aliphatic heterocycles. The van der Waals surface area contributed by atoms with Gasteiger partial charge in [-0.15, -0.1) is 10.2 Å². The zero-order chi connectivity index (χ0) is 12.2. The van der Waals surface area contributed by atoms with Gasteiger partial charge in [0.15, 0.2) is 0 Å². The highest BCUT2D eigenvalue weighted by molar-refractivity contribution is 5.78. The first kappa shape index (κ1) is 12.6. The van der Waals surface area contributed by atoms with Crippen molar-refractivity contribution >= 4 is 5.97 Å². The van der Waals surface area contributed by atoms with Crippen LogP contribution in [0.5, 0.6) is 0 Å². The molecule has 6 nitrogen and oxygen atoms in total. The van der Waals surface area contributed by atoms with E-state index in [2.05, 4.69) is 15.5 Å². The number of aromatic nitrogens is 2. The van der Waals surface area contributed by atoms with Crippen molar-refractivity contribution in [2.24, 2.45) is 0 Å². The van der Waals surface area contributed by atoms with E-state index in [9.17, 15) is 4.79 Å². The van der Waals surface area contributed by atoms with Gasteiger partial charge in [-0.25, -0.2) is 0 Å². The number of nitrogens with zero attached hydrogens (tertiary/aromatic N) is 2. The van der Waals surface area contributed by atoms with Gasteiger partial charge >= 0.3 is 5.97 Å². The second-order valence-electron chi connectivity index (χ2n) is 3.96. The van der Waals surface area contributed by atoms with Crippen LogP contribution >= 0.6 is 0 Å². The Morgan fingerprint density at radius 2 is 2.25 bits per heavy atom. The van der Waals surface area contributed by atoms with E-state index in [1.807, 2.05) is 6.92 Å². The highest BCUT2D eigenvalue weighted by Gasteiger charge is 2.31. The number of aryl methyl sites for hydroxylation is 1. The standard InChI is InChI=1S/C10H17N3O3/c1-4-5-10(3,9(14)15)11-6-8-13-12-7(2)16-8/h11H,4-6H2,1-3H3,(H,14,15). The Balaban J connectivity index is 2.60. The Labute approximate surface area is 94.1 Å². The van der Waals surface area contributed by atoms with Crippen LogP contribution in [0.4, 0.5) is 0 Å². The Kier molecular flexibility index (Phi) is 4.00. The lowest BCUT2D eigenvalue weighted by atomic mass is 9.96. The predicted molar refractivity (Wildman–Crippen MR) is 56.8 cm³/mol. The molecule has 0 bridgehead atoms. The Morgan fingerprint density at radius 3 is 2.69 bits per heavy atom. The molecule has 0 aliphatic carbocycles. The fourth-order valence-corrected chi connectivity index (χ4v) is 1.45. The van der Waals surface area contributed by atoms with Gasteiger partial charge < -0.3 is 9.52 Å². The number of nitrogens with one attached hydrogen (secondary N) is 1. The molecule has 1 aromatic rings. The third-order valence-corrected chi connectivity index (χ3v) is 2.42. The van der Waals surface area contributed by atoms with Crippen LogP contribution in [0.25, 0.3) is 0 Å². The summed E-state index contributed by atoms with van der Waals surface area (Å²) < 4.78 is 5.16. The van der Waals surface area contributed by atoms with E-state index in [0.29, 0.717) is 18.2 Å². The maximum Gasteiger partial charge on any atom is 0.323 e. The van der Waals surface area contributed by atoms with E-state index in [4.69, 9.17) is 9.52 Å². The molecule has 1 heterocycles. The summed E-state index contributed by atoms with van der Waals surface area (Å²) in [4.78, 5) is 11.1. The second-order valence-corrected chi connectivity index (χ2v) is 3.96. The van der Waals surface area contributed by atoms with Gasteiger partial charge in [0, 0.05) is 6.92 Å². The molecule has 16 heavy (non-hydrogen) atoms. The van der Waals surface area contributed by atoms with Crippen LogP contribution in [0.3, 0.4) is 0 Å². The maximum atomic E-state index is 11.1. The molecule has 0 fully saturated rings. The number of carboxylic acid groups (broad SMARTS) is 1. The van der Waals surface area contributed by atoms with Gasteiger partial charge in [0.2, 0.25) is 11.8 Å². The van der Waals surface area contributed by atoms with Gasteiger partial charge in [-0.2, -0.15) is 0 Å². The summed E-state index contributed by atoms with van der Waals surface area (Å²) in [6, 6.07) is 0. The minimum Gasteiger partial charge on any atom is -0.480 e. The molecule has 90 valence electrons. The molecule has 0 saturated heterocycles. The average Bonchev–Trinajstić information content (AvgIpc) is 2.61. The lowest BCUT2D eigenvalue weighted by Gasteiger charge is -2.24. The van der Waals surface area contributed by atoms with Crippen LogP contribution < -0.4 is 5.32 Å². The van der Waals surface area contributed by atoms with Gasteiger partial charge in [0.05, 0.1) is 6.54 Å². The van der Waals surface area contributed by atoms with E-state index in [1.54, 1.807) is 13.8 Å². The van der Waals surface area contributed by atoms with Crippen molar-refractivity contribution in [3.8, 4) is 0 Å². The number of carbonyl (C=O) groups is 1. The second kappa shape index (κ2) is 5.07. The summed E-state index contributed by atoms with van der Waals surface area (Å²) >= 11 is 0. The zero-order valence-corrected chi connectivity index (χ0v) is 9.78. The highest BCUT2D eigenvalue weighted by Crippen LogP contribution is 2.13. The highest BCUT2D eigenvalue weighted by atomic mass is 16.4. The molecule has 1 aromatic heterocycles. The fourth-order valence-electron chi connectivity index (χ4n) is 1.45. The topological polar surface area (TPSA) is 88.3 Å². The van der Waals surface area contributed by atoms with Gasteiger partial charge in [-0.1, -0.05) is 13.3 Å².